The van der Waals surface area contributed by atoms with E-state index in [-0.39, 0.29) is 0 Å². The minimum absolute atomic E-state index is 0.628. The smallest absolute Gasteiger partial charge is 0.199 e. The Labute approximate surface area is 178 Å². The first kappa shape index (κ1) is 20.0. The maximum atomic E-state index is 5.82. The third-order valence-corrected chi connectivity index (χ3v) is 5.94. The highest BCUT2D eigenvalue weighted by Crippen LogP contribution is 2.29. The van der Waals surface area contributed by atoms with Crippen LogP contribution < -0.4 is 0 Å². The molecular weight excluding hydrogens is 378 g/mol. The minimum atomic E-state index is 0.628. The summed E-state index contributed by atoms with van der Waals surface area (Å²) < 4.78 is 4.95. The second-order valence-electron chi connectivity index (χ2n) is 7.78. The van der Waals surface area contributed by atoms with Crippen molar-refractivity contribution in [2.75, 3.05) is 0 Å². The average Bonchev–Trinajstić information content (AvgIpc) is 3.56. The third kappa shape index (κ3) is 4.65. The van der Waals surface area contributed by atoms with Crippen LogP contribution in [-0.2, 0) is 26.2 Å². The summed E-state index contributed by atoms with van der Waals surface area (Å²) in [5, 5.41) is 4.92. The highest BCUT2D eigenvalue weighted by molar-refractivity contribution is 7.71. The molecule has 2 aromatic heterocycles. The second-order valence-corrected chi connectivity index (χ2v) is 8.15. The zero-order chi connectivity index (χ0) is 20.2. The normalized spacial score (nSPS) is 13.9. The van der Waals surface area contributed by atoms with Gasteiger partial charge in [0.15, 0.2) is 10.6 Å². The van der Waals surface area contributed by atoms with E-state index in [9.17, 15) is 0 Å². The van der Waals surface area contributed by atoms with Gasteiger partial charge in [-0.2, -0.15) is 5.10 Å². The summed E-state index contributed by atoms with van der Waals surface area (Å²) in [5.74, 6) is 0.933. The highest BCUT2D eigenvalue weighted by atomic mass is 32.1. The van der Waals surface area contributed by atoms with E-state index in [0.29, 0.717) is 6.04 Å². The summed E-state index contributed by atoms with van der Waals surface area (Å²) in [6.45, 7) is 6.90. The van der Waals surface area contributed by atoms with Crippen molar-refractivity contribution in [3.8, 4) is 11.4 Å². The Bertz CT molecular complexity index is 986. The van der Waals surface area contributed by atoms with Crippen LogP contribution in [0, 0.1) is 4.77 Å². The van der Waals surface area contributed by atoms with Crippen molar-refractivity contribution in [3.05, 3.63) is 64.7 Å². The molecule has 0 atom stereocenters. The molecule has 0 unspecified atom stereocenters. The standard InChI is InChI=1S/C23H29N5S/c1-3-15-27-22(20-11-13-24-14-12-20)25-28(23(27)29)17-26(21-9-10-21)16-19-7-5-18(4-2)6-8-19/h5-8,11-14,21H,3-4,9-10,15-17H2,1-2H3. The van der Waals surface area contributed by atoms with Crippen LogP contribution in [0.2, 0.25) is 0 Å². The van der Waals surface area contributed by atoms with Gasteiger partial charge in [-0.25, -0.2) is 4.68 Å². The maximum Gasteiger partial charge on any atom is 0.199 e. The van der Waals surface area contributed by atoms with Gasteiger partial charge in [-0.05, 0) is 61.2 Å². The van der Waals surface area contributed by atoms with Crippen molar-refractivity contribution < 1.29 is 0 Å². The molecule has 4 rings (SSSR count). The zero-order valence-electron chi connectivity index (χ0n) is 17.3. The predicted molar refractivity (Wildman–Crippen MR) is 119 cm³/mol. The van der Waals surface area contributed by atoms with Gasteiger partial charge in [0.1, 0.15) is 0 Å². The lowest BCUT2D eigenvalue weighted by Gasteiger charge is -2.22. The summed E-state index contributed by atoms with van der Waals surface area (Å²) in [6.07, 6.45) is 8.23. The van der Waals surface area contributed by atoms with Crippen LogP contribution >= 0.6 is 12.2 Å². The molecule has 2 heterocycles. The largest absolute Gasteiger partial charge is 0.300 e. The fourth-order valence-corrected chi connectivity index (χ4v) is 3.97. The molecule has 6 heteroatoms. The first-order valence-corrected chi connectivity index (χ1v) is 11.0. The van der Waals surface area contributed by atoms with Crippen molar-refractivity contribution in [1.29, 1.82) is 0 Å². The van der Waals surface area contributed by atoms with Gasteiger partial charge in [-0.3, -0.25) is 14.5 Å². The topological polar surface area (TPSA) is 38.9 Å². The van der Waals surface area contributed by atoms with Gasteiger partial charge in [-0.15, -0.1) is 0 Å². The lowest BCUT2D eigenvalue weighted by molar-refractivity contribution is 0.186. The average molecular weight is 408 g/mol. The summed E-state index contributed by atoms with van der Waals surface area (Å²) in [7, 11) is 0. The number of aromatic nitrogens is 4. The number of aryl methyl sites for hydroxylation is 1. The molecule has 0 aliphatic heterocycles. The number of hydrogen-bond acceptors (Lipinski definition) is 4. The van der Waals surface area contributed by atoms with Crippen LogP contribution in [0.15, 0.2) is 48.8 Å². The lowest BCUT2D eigenvalue weighted by Crippen LogP contribution is -2.29. The maximum absolute atomic E-state index is 5.82. The van der Waals surface area contributed by atoms with Crippen LogP contribution in [0.1, 0.15) is 44.2 Å². The summed E-state index contributed by atoms with van der Waals surface area (Å²) in [5.41, 5.74) is 3.80. The molecule has 1 aromatic carbocycles. The monoisotopic (exact) mass is 407 g/mol. The van der Waals surface area contributed by atoms with Crippen LogP contribution in [-0.4, -0.2) is 30.3 Å². The van der Waals surface area contributed by atoms with Gasteiger partial charge in [-0.1, -0.05) is 38.1 Å². The molecule has 0 saturated heterocycles. The molecule has 5 nitrogen and oxygen atoms in total. The minimum Gasteiger partial charge on any atom is -0.300 e. The SMILES string of the molecule is CCCn1c(-c2ccncc2)nn(CN(Cc2ccc(CC)cc2)C2CC2)c1=S. The number of hydrogen-bond donors (Lipinski definition) is 0. The quantitative estimate of drug-likeness (QED) is 0.464. The summed E-state index contributed by atoms with van der Waals surface area (Å²) in [6, 6.07) is 13.6. The molecule has 0 bridgehead atoms. The van der Waals surface area contributed by atoms with Crippen LogP contribution in [0.25, 0.3) is 11.4 Å². The molecule has 1 aliphatic carbocycles. The molecule has 0 spiro atoms. The van der Waals surface area contributed by atoms with E-state index in [1.807, 2.05) is 29.2 Å². The molecule has 29 heavy (non-hydrogen) atoms. The summed E-state index contributed by atoms with van der Waals surface area (Å²) >= 11 is 5.82. The van der Waals surface area contributed by atoms with Gasteiger partial charge in [0.2, 0.25) is 0 Å². The molecule has 0 N–H and O–H groups in total. The van der Waals surface area contributed by atoms with Crippen molar-refractivity contribution in [2.45, 2.75) is 65.3 Å². The Kier molecular flexibility index (Phi) is 6.21. The molecule has 3 aromatic rings. The lowest BCUT2D eigenvalue weighted by atomic mass is 10.1. The van der Waals surface area contributed by atoms with Gasteiger partial charge < -0.3 is 0 Å². The molecule has 152 valence electrons. The van der Waals surface area contributed by atoms with Gasteiger partial charge in [0.25, 0.3) is 0 Å². The third-order valence-electron chi connectivity index (χ3n) is 5.50. The Hall–Kier alpha value is -2.31. The van der Waals surface area contributed by atoms with Crippen LogP contribution in [0.4, 0.5) is 0 Å². The number of pyridine rings is 1. The molecule has 0 amide bonds. The fraction of sp³-hybridized carbons (Fsp3) is 0.435. The van der Waals surface area contributed by atoms with E-state index in [0.717, 1.165) is 48.8 Å². The van der Waals surface area contributed by atoms with Gasteiger partial charge in [0.05, 0.1) is 6.67 Å². The fourth-order valence-electron chi connectivity index (χ4n) is 3.69. The molecule has 1 fully saturated rings. The number of rotatable bonds is 9. The Morgan fingerprint density at radius 3 is 2.34 bits per heavy atom. The Morgan fingerprint density at radius 2 is 1.72 bits per heavy atom. The number of benzene rings is 1. The number of nitrogens with zero attached hydrogens (tertiary/aromatic N) is 5. The Balaban J connectivity index is 1.60. The van der Waals surface area contributed by atoms with Crippen molar-refractivity contribution in [3.63, 3.8) is 0 Å². The summed E-state index contributed by atoms with van der Waals surface area (Å²) in [4.78, 5) is 6.65. The van der Waals surface area contributed by atoms with Crippen molar-refractivity contribution >= 4 is 12.2 Å². The second kappa shape index (κ2) is 9.01. The van der Waals surface area contributed by atoms with Gasteiger partial charge in [0, 0.05) is 37.1 Å². The molecule has 1 saturated carbocycles. The molecule has 0 radical (unpaired) electrons. The van der Waals surface area contributed by atoms with E-state index in [4.69, 9.17) is 17.3 Å². The van der Waals surface area contributed by atoms with E-state index < -0.39 is 0 Å². The molecule has 1 aliphatic rings. The van der Waals surface area contributed by atoms with E-state index >= 15 is 0 Å². The first-order chi connectivity index (χ1) is 14.2. The first-order valence-electron chi connectivity index (χ1n) is 10.6. The zero-order valence-corrected chi connectivity index (χ0v) is 18.1. The molecular formula is C23H29N5S. The van der Waals surface area contributed by atoms with Crippen molar-refractivity contribution in [2.24, 2.45) is 0 Å². The van der Waals surface area contributed by atoms with E-state index in [1.165, 1.54) is 24.0 Å². The van der Waals surface area contributed by atoms with Crippen LogP contribution in [0.3, 0.4) is 0 Å². The Morgan fingerprint density at radius 1 is 1.03 bits per heavy atom. The van der Waals surface area contributed by atoms with E-state index in [2.05, 4.69) is 52.6 Å². The van der Waals surface area contributed by atoms with Crippen LogP contribution in [0.5, 0.6) is 0 Å². The van der Waals surface area contributed by atoms with Crippen molar-refractivity contribution in [1.82, 2.24) is 24.2 Å². The predicted octanol–water partition coefficient (Wildman–Crippen LogP) is 5.07. The highest BCUT2D eigenvalue weighted by Gasteiger charge is 2.30. The van der Waals surface area contributed by atoms with E-state index in [1.54, 1.807) is 0 Å². The van der Waals surface area contributed by atoms with Gasteiger partial charge >= 0.3 is 0 Å².